The number of carbonyl (C=O) groups excluding carboxylic acids is 1. The van der Waals surface area contributed by atoms with Crippen LogP contribution in [-0.4, -0.2) is 16.8 Å². The van der Waals surface area contributed by atoms with Crippen LogP contribution in [0.3, 0.4) is 0 Å². The molecule has 1 aromatic carbocycles. The third kappa shape index (κ3) is 2.47. The predicted octanol–water partition coefficient (Wildman–Crippen LogP) is 2.92. The van der Waals surface area contributed by atoms with E-state index in [-0.39, 0.29) is 11.9 Å². The molecule has 0 spiro atoms. The third-order valence-electron chi connectivity index (χ3n) is 3.21. The molecule has 0 N–H and O–H groups in total. The molecular weight excluding hydrogens is 210 g/mol. The summed E-state index contributed by atoms with van der Waals surface area (Å²) in [5.74, 6) is 0.210. The van der Waals surface area contributed by atoms with E-state index in [9.17, 15) is 4.79 Å². The molecule has 0 radical (unpaired) electrons. The maximum atomic E-state index is 11.9. The van der Waals surface area contributed by atoms with Gasteiger partial charge in [-0.15, -0.1) is 0 Å². The molecule has 2 heteroatoms. The predicted molar refractivity (Wildman–Crippen MR) is 69.4 cm³/mol. The maximum absolute atomic E-state index is 11.9. The minimum absolute atomic E-state index is 0.125. The summed E-state index contributed by atoms with van der Waals surface area (Å²) in [5.41, 5.74) is 2.09. The number of rotatable bonds is 4. The molecule has 1 aliphatic rings. The Balaban J connectivity index is 2.15. The van der Waals surface area contributed by atoms with Crippen molar-refractivity contribution in [3.8, 4) is 0 Å². The summed E-state index contributed by atoms with van der Waals surface area (Å²) in [7, 11) is 0. The van der Waals surface area contributed by atoms with Crippen LogP contribution in [-0.2, 0) is 11.3 Å². The van der Waals surface area contributed by atoms with Crippen LogP contribution in [0.25, 0.3) is 0 Å². The van der Waals surface area contributed by atoms with Crippen molar-refractivity contribution < 1.29 is 4.79 Å². The lowest BCUT2D eigenvalue weighted by Crippen LogP contribution is -2.33. The van der Waals surface area contributed by atoms with E-state index < -0.39 is 0 Å². The van der Waals surface area contributed by atoms with Gasteiger partial charge in [-0.25, -0.2) is 0 Å². The third-order valence-corrected chi connectivity index (χ3v) is 3.21. The van der Waals surface area contributed by atoms with Gasteiger partial charge >= 0.3 is 0 Å². The second kappa shape index (κ2) is 5.00. The van der Waals surface area contributed by atoms with Crippen LogP contribution < -0.4 is 0 Å². The normalized spacial score (nSPS) is 19.4. The van der Waals surface area contributed by atoms with Crippen molar-refractivity contribution in [1.29, 1.82) is 0 Å². The fraction of sp³-hybridized carbons (Fsp3) is 0.267. The van der Waals surface area contributed by atoms with Crippen LogP contribution in [0.4, 0.5) is 0 Å². The van der Waals surface area contributed by atoms with Crippen molar-refractivity contribution in [3.63, 3.8) is 0 Å². The summed E-state index contributed by atoms with van der Waals surface area (Å²) < 4.78 is 0. The standard InChI is InChI=1S/C15H17NO/c1-3-12(2)14-9-10-15(17)16(14)11-13-7-5-4-6-8-13/h3-8,14H,1-2,9-11H2. The van der Waals surface area contributed by atoms with Crippen molar-refractivity contribution in [1.82, 2.24) is 4.90 Å². The number of carbonyl (C=O) groups is 1. The van der Waals surface area contributed by atoms with E-state index in [2.05, 4.69) is 13.2 Å². The SMILES string of the molecule is C=CC(=C)C1CCC(=O)N1Cc1ccccc1. The van der Waals surface area contributed by atoms with E-state index >= 15 is 0 Å². The van der Waals surface area contributed by atoms with Crippen molar-refractivity contribution in [2.75, 3.05) is 0 Å². The van der Waals surface area contributed by atoms with Gasteiger partial charge in [-0.1, -0.05) is 49.6 Å². The van der Waals surface area contributed by atoms with Gasteiger partial charge in [-0.3, -0.25) is 4.79 Å². The van der Waals surface area contributed by atoms with Crippen LogP contribution in [0.1, 0.15) is 18.4 Å². The number of nitrogens with zero attached hydrogens (tertiary/aromatic N) is 1. The molecule has 1 saturated heterocycles. The topological polar surface area (TPSA) is 20.3 Å². The lowest BCUT2D eigenvalue weighted by molar-refractivity contribution is -0.129. The van der Waals surface area contributed by atoms with Gasteiger partial charge < -0.3 is 4.90 Å². The lowest BCUT2D eigenvalue weighted by atomic mass is 10.1. The van der Waals surface area contributed by atoms with Gasteiger partial charge in [0.05, 0.1) is 6.04 Å². The first-order valence-electron chi connectivity index (χ1n) is 5.87. The minimum atomic E-state index is 0.125. The Bertz CT molecular complexity index is 435. The fourth-order valence-corrected chi connectivity index (χ4v) is 2.23. The molecule has 1 atom stereocenters. The highest BCUT2D eigenvalue weighted by atomic mass is 16.2. The van der Waals surface area contributed by atoms with Gasteiger partial charge in [0, 0.05) is 13.0 Å². The monoisotopic (exact) mass is 227 g/mol. The first-order valence-corrected chi connectivity index (χ1v) is 5.87. The van der Waals surface area contributed by atoms with E-state index in [1.807, 2.05) is 35.2 Å². The van der Waals surface area contributed by atoms with Crippen LogP contribution in [0.5, 0.6) is 0 Å². The number of benzene rings is 1. The molecule has 17 heavy (non-hydrogen) atoms. The molecule has 1 aromatic rings. The Labute approximate surface area is 102 Å². The molecule has 0 bridgehead atoms. The van der Waals surface area contributed by atoms with Gasteiger partial charge in [0.15, 0.2) is 0 Å². The summed E-state index contributed by atoms with van der Waals surface area (Å²) in [4.78, 5) is 13.8. The Morgan fingerprint density at radius 1 is 1.41 bits per heavy atom. The molecule has 0 aromatic heterocycles. The molecule has 88 valence electrons. The minimum Gasteiger partial charge on any atom is -0.331 e. The summed E-state index contributed by atoms with van der Waals surface area (Å²) >= 11 is 0. The van der Waals surface area contributed by atoms with E-state index in [0.717, 1.165) is 17.6 Å². The Kier molecular flexibility index (Phi) is 3.43. The second-order valence-electron chi connectivity index (χ2n) is 4.34. The zero-order valence-electron chi connectivity index (χ0n) is 9.93. The average molecular weight is 227 g/mol. The first-order chi connectivity index (χ1) is 8.22. The lowest BCUT2D eigenvalue weighted by Gasteiger charge is -2.25. The molecule has 0 saturated carbocycles. The number of likely N-dealkylation sites (tertiary alicyclic amines) is 1. The van der Waals surface area contributed by atoms with Crippen molar-refractivity contribution in [2.45, 2.75) is 25.4 Å². The van der Waals surface area contributed by atoms with Crippen molar-refractivity contribution in [2.24, 2.45) is 0 Å². The van der Waals surface area contributed by atoms with Crippen molar-refractivity contribution >= 4 is 5.91 Å². The Morgan fingerprint density at radius 3 is 2.76 bits per heavy atom. The van der Waals surface area contributed by atoms with Gasteiger partial charge in [0.2, 0.25) is 5.91 Å². The van der Waals surface area contributed by atoms with Crippen LogP contribution in [0.2, 0.25) is 0 Å². The van der Waals surface area contributed by atoms with E-state index in [1.54, 1.807) is 6.08 Å². The smallest absolute Gasteiger partial charge is 0.223 e. The van der Waals surface area contributed by atoms with Crippen molar-refractivity contribution in [3.05, 3.63) is 60.7 Å². The fourth-order valence-electron chi connectivity index (χ4n) is 2.23. The summed E-state index contributed by atoms with van der Waals surface area (Å²) in [6.45, 7) is 8.37. The quantitative estimate of drug-likeness (QED) is 0.724. The highest BCUT2D eigenvalue weighted by Crippen LogP contribution is 2.26. The summed E-state index contributed by atoms with van der Waals surface area (Å²) in [6.07, 6.45) is 3.22. The highest BCUT2D eigenvalue weighted by Gasteiger charge is 2.31. The summed E-state index contributed by atoms with van der Waals surface area (Å²) in [5, 5.41) is 0. The van der Waals surface area contributed by atoms with E-state index in [4.69, 9.17) is 0 Å². The van der Waals surface area contributed by atoms with Crippen LogP contribution in [0, 0.1) is 0 Å². The van der Waals surface area contributed by atoms with E-state index in [0.29, 0.717) is 13.0 Å². The molecule has 1 heterocycles. The second-order valence-corrected chi connectivity index (χ2v) is 4.34. The molecule has 1 aliphatic heterocycles. The molecule has 1 amide bonds. The number of hydrogen-bond acceptors (Lipinski definition) is 1. The molecule has 0 aliphatic carbocycles. The van der Waals surface area contributed by atoms with Gasteiger partial charge in [-0.05, 0) is 17.6 Å². The molecule has 1 unspecified atom stereocenters. The maximum Gasteiger partial charge on any atom is 0.223 e. The van der Waals surface area contributed by atoms with E-state index in [1.165, 1.54) is 0 Å². The largest absolute Gasteiger partial charge is 0.331 e. The molecule has 2 rings (SSSR count). The zero-order chi connectivity index (χ0) is 12.3. The van der Waals surface area contributed by atoms with Gasteiger partial charge in [0.1, 0.15) is 0 Å². The number of amides is 1. The number of hydrogen-bond donors (Lipinski definition) is 0. The molecule has 2 nitrogen and oxygen atoms in total. The van der Waals surface area contributed by atoms with Gasteiger partial charge in [-0.2, -0.15) is 0 Å². The van der Waals surface area contributed by atoms with Gasteiger partial charge in [0.25, 0.3) is 0 Å². The zero-order valence-corrected chi connectivity index (χ0v) is 9.93. The Hall–Kier alpha value is -1.83. The highest BCUT2D eigenvalue weighted by molar-refractivity contribution is 5.79. The first kappa shape index (κ1) is 11.6. The molecule has 1 fully saturated rings. The Morgan fingerprint density at radius 2 is 2.12 bits per heavy atom. The average Bonchev–Trinajstić information content (AvgIpc) is 2.72. The molecular formula is C15H17NO. The summed E-state index contributed by atoms with van der Waals surface area (Å²) in [6, 6.07) is 10.2. The van der Waals surface area contributed by atoms with Crippen LogP contribution in [0.15, 0.2) is 55.1 Å². The van der Waals surface area contributed by atoms with Crippen LogP contribution >= 0.6 is 0 Å².